The second-order valence-corrected chi connectivity index (χ2v) is 22.8. The van der Waals surface area contributed by atoms with Gasteiger partial charge >= 0.3 is 7.82 Å². The van der Waals surface area contributed by atoms with E-state index in [0.717, 1.165) is 103 Å². The number of hydrogen-bond acceptors (Lipinski definition) is 5. The maximum atomic E-state index is 13.0. The molecule has 0 aromatic heterocycles. The molecule has 442 valence electrons. The van der Waals surface area contributed by atoms with Crippen LogP contribution in [0.15, 0.2) is 158 Å². The van der Waals surface area contributed by atoms with Gasteiger partial charge in [-0.2, -0.15) is 0 Å². The molecule has 0 fully saturated rings. The summed E-state index contributed by atoms with van der Waals surface area (Å²) in [5.74, 6) is -0.239. The molecule has 0 aliphatic carbocycles. The van der Waals surface area contributed by atoms with Crippen molar-refractivity contribution in [3.05, 3.63) is 158 Å². The normalized spacial score (nSPS) is 14.9. The van der Waals surface area contributed by atoms with Gasteiger partial charge in [0.15, 0.2) is 0 Å². The Balaban J connectivity index is 4.39. The maximum Gasteiger partial charge on any atom is 0.472 e. The number of amides is 1. The maximum absolute atomic E-state index is 13.0. The summed E-state index contributed by atoms with van der Waals surface area (Å²) in [5.41, 5.74) is 0. The largest absolute Gasteiger partial charge is 0.472 e. The summed E-state index contributed by atoms with van der Waals surface area (Å²) in [6.45, 7) is 4.63. The molecular formula is C69H116N2O6P+. The first-order valence-corrected chi connectivity index (χ1v) is 32.4. The van der Waals surface area contributed by atoms with E-state index in [1.54, 1.807) is 6.08 Å². The smallest absolute Gasteiger partial charge is 0.387 e. The van der Waals surface area contributed by atoms with Crippen molar-refractivity contribution in [2.75, 3.05) is 40.9 Å². The summed E-state index contributed by atoms with van der Waals surface area (Å²) < 4.78 is 23.7. The minimum Gasteiger partial charge on any atom is -0.387 e. The van der Waals surface area contributed by atoms with E-state index in [-0.39, 0.29) is 25.5 Å². The first-order chi connectivity index (χ1) is 38.0. The Labute approximate surface area is 480 Å². The lowest BCUT2D eigenvalue weighted by Gasteiger charge is -2.25. The van der Waals surface area contributed by atoms with Crippen molar-refractivity contribution in [3.63, 3.8) is 0 Å². The van der Waals surface area contributed by atoms with Gasteiger partial charge in [-0.15, -0.1) is 0 Å². The van der Waals surface area contributed by atoms with Crippen LogP contribution < -0.4 is 5.32 Å². The summed E-state index contributed by atoms with van der Waals surface area (Å²) in [6, 6.07) is -0.907. The standard InChI is InChI=1S/C69H115N2O6P/c1-6-8-10-12-14-16-18-20-22-24-26-28-30-31-32-33-34-35-36-37-38-39-41-43-45-47-49-51-53-55-57-59-61-63-69(73)70-67(66-77-78(74,75)76-65-64-71(3,4)5)68(72)62-60-58-56-54-52-50-48-46-44-42-40-29-27-25-23-21-19-17-15-13-11-9-7-2/h8,10,14,16,20,22,26,28,31-32,34-35,37-38,41,43-44,46-47,49,52-55,60,62,67-68,72H,6-7,9,11-13,15,17-19,21,23-25,27,29-30,33,36,39-40,42,45,48,50-51,56-59,61,63-66H2,1-5H3,(H-,70,73,74,75)/p+1/b10-8-,16-14-,22-20-,28-26-,32-31-,35-34-,38-37-,43-41-,46-44+,49-47-,54-52+,55-53-,62-60+. The molecule has 0 radical (unpaired) electrons. The number of aliphatic hydroxyl groups is 1. The molecule has 3 N–H and O–H groups in total. The van der Waals surface area contributed by atoms with E-state index < -0.39 is 20.0 Å². The predicted octanol–water partition coefficient (Wildman–Crippen LogP) is 19.4. The third-order valence-electron chi connectivity index (χ3n) is 12.7. The third kappa shape index (κ3) is 59.8. The highest BCUT2D eigenvalue weighted by molar-refractivity contribution is 7.47. The zero-order chi connectivity index (χ0) is 57.0. The van der Waals surface area contributed by atoms with Gasteiger partial charge in [0, 0.05) is 6.42 Å². The zero-order valence-corrected chi connectivity index (χ0v) is 51.2. The average Bonchev–Trinajstić information content (AvgIpc) is 3.41. The molecule has 0 rings (SSSR count). The van der Waals surface area contributed by atoms with Gasteiger partial charge in [-0.3, -0.25) is 13.8 Å². The van der Waals surface area contributed by atoms with Crippen molar-refractivity contribution >= 4 is 13.7 Å². The van der Waals surface area contributed by atoms with Gasteiger partial charge in [0.2, 0.25) is 5.91 Å². The second-order valence-electron chi connectivity index (χ2n) is 21.3. The molecule has 3 atom stereocenters. The number of phosphoric ester groups is 1. The van der Waals surface area contributed by atoms with Crippen molar-refractivity contribution in [1.29, 1.82) is 0 Å². The van der Waals surface area contributed by atoms with Gasteiger partial charge in [0.1, 0.15) is 13.2 Å². The quantitative estimate of drug-likeness (QED) is 0.0243. The number of rotatable bonds is 54. The lowest BCUT2D eigenvalue weighted by molar-refractivity contribution is -0.870. The molecule has 0 aliphatic heterocycles. The molecule has 8 nitrogen and oxygen atoms in total. The van der Waals surface area contributed by atoms with Crippen LogP contribution in [0.4, 0.5) is 0 Å². The van der Waals surface area contributed by atoms with Crippen LogP contribution in [0.5, 0.6) is 0 Å². The van der Waals surface area contributed by atoms with E-state index in [1.165, 1.54) is 89.9 Å². The van der Waals surface area contributed by atoms with Crippen LogP contribution in [0, 0.1) is 0 Å². The molecule has 0 spiro atoms. The lowest BCUT2D eigenvalue weighted by atomic mass is 10.0. The third-order valence-corrected chi connectivity index (χ3v) is 13.7. The summed E-state index contributed by atoms with van der Waals surface area (Å²) in [6.07, 6.45) is 90.8. The minimum absolute atomic E-state index is 0.0356. The summed E-state index contributed by atoms with van der Waals surface area (Å²) >= 11 is 0. The van der Waals surface area contributed by atoms with E-state index in [2.05, 4.69) is 165 Å². The molecule has 0 bridgehead atoms. The molecule has 0 aromatic rings. The van der Waals surface area contributed by atoms with Gasteiger partial charge in [-0.1, -0.05) is 249 Å². The van der Waals surface area contributed by atoms with Crippen molar-refractivity contribution < 1.29 is 32.9 Å². The Kier molecular flexibility index (Phi) is 54.9. The van der Waals surface area contributed by atoms with Crippen LogP contribution in [0.25, 0.3) is 0 Å². The van der Waals surface area contributed by atoms with Crippen LogP contribution in [0.1, 0.15) is 219 Å². The van der Waals surface area contributed by atoms with Crippen molar-refractivity contribution in [1.82, 2.24) is 5.32 Å². The van der Waals surface area contributed by atoms with Gasteiger partial charge in [-0.05, 0) is 122 Å². The molecule has 0 saturated carbocycles. The fraction of sp³-hybridized carbons (Fsp3) is 0.609. The fourth-order valence-electron chi connectivity index (χ4n) is 7.92. The van der Waals surface area contributed by atoms with E-state index >= 15 is 0 Å². The van der Waals surface area contributed by atoms with Gasteiger partial charge in [0.05, 0.1) is 39.9 Å². The average molecular weight is 1100 g/mol. The summed E-state index contributed by atoms with van der Waals surface area (Å²) in [4.78, 5) is 23.3. The summed E-state index contributed by atoms with van der Waals surface area (Å²) in [7, 11) is 1.49. The highest BCUT2D eigenvalue weighted by Gasteiger charge is 2.27. The Morgan fingerprint density at radius 1 is 0.449 bits per heavy atom. The van der Waals surface area contributed by atoms with Crippen LogP contribution in [0.2, 0.25) is 0 Å². The van der Waals surface area contributed by atoms with Crippen LogP contribution >= 0.6 is 7.82 Å². The van der Waals surface area contributed by atoms with Crippen molar-refractivity contribution in [2.45, 2.75) is 231 Å². The van der Waals surface area contributed by atoms with Crippen LogP contribution in [0.3, 0.4) is 0 Å². The molecule has 1 amide bonds. The molecule has 0 aliphatic rings. The SMILES string of the molecule is CC/C=C\C/C=C\C/C=C\C/C=C\C/C=C\C/C=C\C/C=C\C/C=C\C/C=C\C/C=C\CCCCC(=O)NC(COP(=O)(O)OCC[N+](C)(C)C)C(O)/C=C/CC/C=C/CC/C=C/CCCCCCCCCCCCCCC. The van der Waals surface area contributed by atoms with E-state index in [0.29, 0.717) is 17.4 Å². The topological polar surface area (TPSA) is 105 Å². The van der Waals surface area contributed by atoms with Crippen LogP contribution in [-0.4, -0.2) is 73.4 Å². The number of nitrogens with zero attached hydrogens (tertiary/aromatic N) is 1. The number of allylic oxidation sites excluding steroid dienone is 25. The van der Waals surface area contributed by atoms with Gasteiger partial charge in [0.25, 0.3) is 0 Å². The monoisotopic (exact) mass is 1100 g/mol. The van der Waals surface area contributed by atoms with Gasteiger partial charge in [-0.25, -0.2) is 4.57 Å². The first-order valence-electron chi connectivity index (χ1n) is 30.9. The predicted molar refractivity (Wildman–Crippen MR) is 340 cm³/mol. The second kappa shape index (κ2) is 57.8. The van der Waals surface area contributed by atoms with Gasteiger partial charge < -0.3 is 19.8 Å². The number of aliphatic hydroxyl groups excluding tert-OH is 1. The highest BCUT2D eigenvalue weighted by atomic mass is 31.2. The fourth-order valence-corrected chi connectivity index (χ4v) is 8.66. The van der Waals surface area contributed by atoms with E-state index in [1.807, 2.05) is 27.2 Å². The number of carbonyl (C=O) groups is 1. The van der Waals surface area contributed by atoms with E-state index in [4.69, 9.17) is 9.05 Å². The van der Waals surface area contributed by atoms with E-state index in [9.17, 15) is 19.4 Å². The molecule has 0 aromatic carbocycles. The summed E-state index contributed by atoms with van der Waals surface area (Å²) in [5, 5.41) is 13.9. The Hall–Kier alpha value is -3.88. The number of nitrogens with one attached hydrogen (secondary N) is 1. The Morgan fingerprint density at radius 3 is 1.18 bits per heavy atom. The molecule has 78 heavy (non-hydrogen) atoms. The number of carbonyl (C=O) groups excluding carboxylic acids is 1. The number of phosphoric acid groups is 1. The van der Waals surface area contributed by atoms with Crippen molar-refractivity contribution in [2.24, 2.45) is 0 Å². The Morgan fingerprint density at radius 2 is 0.782 bits per heavy atom. The highest BCUT2D eigenvalue weighted by Crippen LogP contribution is 2.43. The molecule has 9 heteroatoms. The zero-order valence-electron chi connectivity index (χ0n) is 50.3. The lowest BCUT2D eigenvalue weighted by Crippen LogP contribution is -2.45. The molecule has 0 heterocycles. The number of likely N-dealkylation sites (N-methyl/N-ethyl adjacent to an activating group) is 1. The molecule has 3 unspecified atom stereocenters. The first kappa shape index (κ1) is 74.1. The van der Waals surface area contributed by atoms with Crippen LogP contribution in [-0.2, 0) is 18.4 Å². The Bertz CT molecular complexity index is 1820. The number of quaternary nitrogens is 1. The molecule has 0 saturated heterocycles. The van der Waals surface area contributed by atoms with Crippen molar-refractivity contribution in [3.8, 4) is 0 Å². The number of unbranched alkanes of at least 4 members (excludes halogenated alkanes) is 17. The number of hydrogen-bond donors (Lipinski definition) is 3. The minimum atomic E-state index is -4.39. The molecular weight excluding hydrogens is 984 g/mol.